The number of thiophene rings is 1. The Morgan fingerprint density at radius 1 is 1.19 bits per heavy atom. The van der Waals surface area contributed by atoms with E-state index in [2.05, 4.69) is 17.5 Å². The van der Waals surface area contributed by atoms with Crippen LogP contribution in [0.1, 0.15) is 43.4 Å². The first-order valence-corrected chi connectivity index (χ1v) is 6.39. The normalized spacial score (nSPS) is 9.75. The zero-order chi connectivity index (χ0) is 10.9. The number of aryl methyl sites for hydroxylation is 1. The van der Waals surface area contributed by atoms with Gasteiger partial charge in [-0.2, -0.15) is 0 Å². The molecule has 0 radical (unpaired) electrons. The maximum Gasteiger partial charge on any atom is 1.00 e. The Morgan fingerprint density at radius 2 is 1.88 bits per heavy atom. The summed E-state index contributed by atoms with van der Waals surface area (Å²) in [6.07, 6.45) is 6.71. The van der Waals surface area contributed by atoms with Crippen LogP contribution in [0.4, 0.5) is 0 Å². The molecule has 1 aromatic heterocycles. The quantitative estimate of drug-likeness (QED) is 0.455. The number of unbranched alkanes of at least 4 members (excludes halogenated alkanes) is 4. The third kappa shape index (κ3) is 8.34. The largest absolute Gasteiger partial charge is 1.00 e. The van der Waals surface area contributed by atoms with E-state index in [1.165, 1.54) is 17.7 Å². The Bertz CT molecular complexity index is 273. The molecule has 0 bridgehead atoms. The average Bonchev–Trinajstić information content (AvgIpc) is 2.68. The van der Waals surface area contributed by atoms with Crippen molar-refractivity contribution in [2.24, 2.45) is 0 Å². The average molecular weight is 248 g/mol. The van der Waals surface area contributed by atoms with Gasteiger partial charge < -0.3 is 9.90 Å². The molecule has 0 unspecified atom stereocenters. The number of carboxylic acid groups (broad SMARTS) is 1. The van der Waals surface area contributed by atoms with E-state index in [1.54, 1.807) is 0 Å². The maximum absolute atomic E-state index is 10.1. The molecule has 0 aliphatic rings. The van der Waals surface area contributed by atoms with E-state index in [9.17, 15) is 9.90 Å². The van der Waals surface area contributed by atoms with Crippen molar-refractivity contribution in [2.75, 3.05) is 0 Å². The van der Waals surface area contributed by atoms with Gasteiger partial charge in [0.15, 0.2) is 0 Å². The van der Waals surface area contributed by atoms with Crippen LogP contribution in [-0.4, -0.2) is 5.97 Å². The van der Waals surface area contributed by atoms with Gasteiger partial charge >= 0.3 is 29.6 Å². The summed E-state index contributed by atoms with van der Waals surface area (Å²) in [4.78, 5) is 11.6. The summed E-state index contributed by atoms with van der Waals surface area (Å²) in [5, 5.41) is 12.2. The molecule has 0 aromatic carbocycles. The van der Waals surface area contributed by atoms with Gasteiger partial charge in [-0.3, -0.25) is 0 Å². The molecule has 0 aliphatic heterocycles. The predicted molar refractivity (Wildman–Crippen MR) is 60.7 cm³/mol. The third-order valence-electron chi connectivity index (χ3n) is 2.38. The molecule has 0 saturated heterocycles. The van der Waals surface area contributed by atoms with Crippen LogP contribution in [-0.2, 0) is 11.2 Å². The van der Waals surface area contributed by atoms with Crippen molar-refractivity contribution in [1.82, 2.24) is 0 Å². The Balaban J connectivity index is 0.00000225. The summed E-state index contributed by atoms with van der Waals surface area (Å²) in [5.74, 6) is -0.923. The Hall–Kier alpha value is 0.170. The van der Waals surface area contributed by atoms with Gasteiger partial charge in [0.25, 0.3) is 0 Å². The van der Waals surface area contributed by atoms with E-state index in [-0.39, 0.29) is 36.0 Å². The second-order valence-corrected chi connectivity index (χ2v) is 4.75. The molecule has 0 atom stereocenters. The summed E-state index contributed by atoms with van der Waals surface area (Å²) >= 11 is 1.81. The van der Waals surface area contributed by atoms with Crippen LogP contribution < -0.4 is 34.7 Å². The molecule has 0 fully saturated rings. The first-order chi connectivity index (χ1) is 7.29. The zero-order valence-electron chi connectivity index (χ0n) is 9.91. The molecule has 16 heavy (non-hydrogen) atoms. The van der Waals surface area contributed by atoms with Crippen LogP contribution in [0.25, 0.3) is 0 Å². The number of hydrogen-bond donors (Lipinski definition) is 0. The van der Waals surface area contributed by atoms with Gasteiger partial charge in [0, 0.05) is 10.8 Å². The molecule has 0 aliphatic carbocycles. The number of carboxylic acids is 1. The van der Waals surface area contributed by atoms with Crippen molar-refractivity contribution in [3.63, 3.8) is 0 Å². The third-order valence-corrected chi connectivity index (χ3v) is 3.32. The van der Waals surface area contributed by atoms with Crippen LogP contribution in [0, 0.1) is 0 Å². The molecule has 1 heterocycles. The topological polar surface area (TPSA) is 40.1 Å². The molecule has 0 amide bonds. The van der Waals surface area contributed by atoms with Crippen LogP contribution in [0.15, 0.2) is 17.5 Å². The zero-order valence-corrected chi connectivity index (χ0v) is 12.7. The van der Waals surface area contributed by atoms with Crippen LogP contribution in [0.3, 0.4) is 0 Å². The fourth-order valence-corrected chi connectivity index (χ4v) is 2.30. The minimum atomic E-state index is -0.923. The van der Waals surface area contributed by atoms with Crippen molar-refractivity contribution in [2.45, 2.75) is 44.9 Å². The first-order valence-electron chi connectivity index (χ1n) is 5.51. The van der Waals surface area contributed by atoms with Gasteiger partial charge in [-0.15, -0.1) is 11.3 Å². The van der Waals surface area contributed by atoms with E-state index in [0.29, 0.717) is 0 Å². The monoisotopic (exact) mass is 248 g/mol. The van der Waals surface area contributed by atoms with Gasteiger partial charge in [0.05, 0.1) is 0 Å². The minimum Gasteiger partial charge on any atom is -0.550 e. The van der Waals surface area contributed by atoms with E-state index < -0.39 is 5.97 Å². The molecule has 0 N–H and O–H groups in total. The van der Waals surface area contributed by atoms with E-state index >= 15 is 0 Å². The van der Waals surface area contributed by atoms with Crippen molar-refractivity contribution in [3.05, 3.63) is 22.4 Å². The second-order valence-electron chi connectivity index (χ2n) is 3.72. The van der Waals surface area contributed by atoms with E-state index in [4.69, 9.17) is 0 Å². The number of hydrogen-bond acceptors (Lipinski definition) is 3. The number of carbonyl (C=O) groups is 1. The van der Waals surface area contributed by atoms with Gasteiger partial charge in [-0.1, -0.05) is 25.3 Å². The molecule has 1 aromatic rings. The Labute approximate surface area is 123 Å². The minimum absolute atomic E-state index is 0. The SMILES string of the molecule is O=C([O-])CCCCCCCc1cccs1.[Na+]. The first kappa shape index (κ1) is 16.2. The van der Waals surface area contributed by atoms with Gasteiger partial charge in [-0.05, 0) is 37.1 Å². The number of rotatable bonds is 8. The van der Waals surface area contributed by atoms with Crippen molar-refractivity contribution < 1.29 is 39.5 Å². The second kappa shape index (κ2) is 10.3. The Morgan fingerprint density at radius 3 is 2.50 bits per heavy atom. The van der Waals surface area contributed by atoms with Crippen molar-refractivity contribution in [1.29, 1.82) is 0 Å². The molecule has 4 heteroatoms. The fourth-order valence-electron chi connectivity index (χ4n) is 1.55. The maximum atomic E-state index is 10.1. The summed E-state index contributed by atoms with van der Waals surface area (Å²) in [7, 11) is 0. The van der Waals surface area contributed by atoms with Gasteiger partial charge in [0.2, 0.25) is 0 Å². The molecule has 84 valence electrons. The van der Waals surface area contributed by atoms with E-state index in [0.717, 1.165) is 25.7 Å². The Kier molecular flexibility index (Phi) is 10.4. The van der Waals surface area contributed by atoms with Gasteiger partial charge in [-0.25, -0.2) is 0 Å². The van der Waals surface area contributed by atoms with Crippen molar-refractivity contribution >= 4 is 17.3 Å². The standard InChI is InChI=1S/C12H18O2S.Na/c13-12(14)9-5-3-1-2-4-7-11-8-6-10-15-11;/h6,8,10H,1-5,7,9H2,(H,13,14);/q;+1/p-1. The molecule has 2 nitrogen and oxygen atoms in total. The summed E-state index contributed by atoms with van der Waals surface area (Å²) in [6.45, 7) is 0. The summed E-state index contributed by atoms with van der Waals surface area (Å²) < 4.78 is 0. The smallest absolute Gasteiger partial charge is 0.550 e. The fraction of sp³-hybridized carbons (Fsp3) is 0.583. The molecular weight excluding hydrogens is 231 g/mol. The number of aliphatic carboxylic acids is 1. The summed E-state index contributed by atoms with van der Waals surface area (Å²) in [6, 6.07) is 4.25. The van der Waals surface area contributed by atoms with E-state index in [1.807, 2.05) is 11.3 Å². The predicted octanol–water partition coefficient (Wildman–Crippen LogP) is -0.615. The van der Waals surface area contributed by atoms with Crippen molar-refractivity contribution in [3.8, 4) is 0 Å². The molecule has 0 spiro atoms. The molecule has 0 saturated carbocycles. The van der Waals surface area contributed by atoms with Crippen LogP contribution in [0.2, 0.25) is 0 Å². The molecular formula is C12H17NaO2S. The van der Waals surface area contributed by atoms with Crippen LogP contribution in [0.5, 0.6) is 0 Å². The number of carbonyl (C=O) groups excluding carboxylic acids is 1. The van der Waals surface area contributed by atoms with Gasteiger partial charge in [0.1, 0.15) is 0 Å². The van der Waals surface area contributed by atoms with Crippen LogP contribution >= 0.6 is 11.3 Å². The molecule has 1 rings (SSSR count). The summed E-state index contributed by atoms with van der Waals surface area (Å²) in [5.41, 5.74) is 0.